The zero-order valence-electron chi connectivity index (χ0n) is 28.8. The molecule has 0 saturated carbocycles. The Morgan fingerprint density at radius 1 is 0.788 bits per heavy atom. The summed E-state index contributed by atoms with van der Waals surface area (Å²) in [6.07, 6.45) is 3.34. The molecule has 1 aliphatic heterocycles. The van der Waals surface area contributed by atoms with Crippen LogP contribution < -0.4 is 16.0 Å². The van der Waals surface area contributed by atoms with Gasteiger partial charge < -0.3 is 33.6 Å². The molecule has 266 valence electrons. The van der Waals surface area contributed by atoms with Gasteiger partial charge in [-0.15, -0.1) is 11.3 Å². The van der Waals surface area contributed by atoms with E-state index < -0.39 is 29.8 Å². The van der Waals surface area contributed by atoms with Crippen molar-refractivity contribution in [1.29, 1.82) is 0 Å². The monoisotopic (exact) mass is 722 g/mol. The lowest BCUT2D eigenvalue weighted by Gasteiger charge is -2.27. The predicted molar refractivity (Wildman–Crippen MR) is 189 cm³/mol. The first kappa shape index (κ1) is 34.3. The van der Waals surface area contributed by atoms with Crippen LogP contribution in [-0.2, 0) is 9.59 Å². The number of hydrogen-bond donors (Lipinski definition) is 3. The van der Waals surface area contributed by atoms with Gasteiger partial charge in [0.1, 0.15) is 46.8 Å². The third-order valence-electron chi connectivity index (χ3n) is 8.61. The molecular formula is C36H34N8O7S. The van der Waals surface area contributed by atoms with E-state index in [9.17, 15) is 14.4 Å². The van der Waals surface area contributed by atoms with Crippen molar-refractivity contribution in [2.75, 3.05) is 0 Å². The molecule has 1 aromatic carbocycles. The summed E-state index contributed by atoms with van der Waals surface area (Å²) < 4.78 is 23.5. The highest BCUT2D eigenvalue weighted by Crippen LogP contribution is 2.34. The summed E-state index contributed by atoms with van der Waals surface area (Å²) in [4.78, 5) is 64.3. The van der Waals surface area contributed by atoms with Gasteiger partial charge >= 0.3 is 0 Å². The van der Waals surface area contributed by atoms with Gasteiger partial charge in [0.15, 0.2) is 22.8 Å². The quantitative estimate of drug-likeness (QED) is 0.188. The first-order valence-electron chi connectivity index (χ1n) is 16.5. The molecule has 1 aliphatic rings. The molecular weight excluding hydrogens is 689 g/mol. The van der Waals surface area contributed by atoms with Gasteiger partial charge in [0.05, 0.1) is 5.70 Å². The Kier molecular flexibility index (Phi) is 9.14. The number of hydrogen-bond acceptors (Lipinski definition) is 13. The van der Waals surface area contributed by atoms with Crippen LogP contribution >= 0.6 is 11.3 Å². The van der Waals surface area contributed by atoms with Crippen molar-refractivity contribution in [2.24, 2.45) is 11.8 Å². The van der Waals surface area contributed by atoms with Crippen molar-refractivity contribution in [1.82, 2.24) is 40.9 Å². The molecule has 0 radical (unpaired) electrons. The molecule has 0 unspecified atom stereocenters. The molecule has 0 fully saturated rings. The van der Waals surface area contributed by atoms with Crippen LogP contribution in [0.4, 0.5) is 0 Å². The van der Waals surface area contributed by atoms with Crippen LogP contribution in [0.1, 0.15) is 56.3 Å². The molecule has 0 aliphatic carbocycles. The smallest absolute Gasteiger partial charge is 0.274 e. The number of aromatic nitrogens is 5. The van der Waals surface area contributed by atoms with E-state index >= 15 is 0 Å². The number of carbonyl (C=O) groups is 3. The number of aryl methyl sites for hydroxylation is 1. The molecule has 5 aromatic heterocycles. The fourth-order valence-electron chi connectivity index (χ4n) is 5.52. The van der Waals surface area contributed by atoms with Crippen molar-refractivity contribution < 1.29 is 32.1 Å². The van der Waals surface area contributed by atoms with Crippen LogP contribution in [0.3, 0.4) is 0 Å². The van der Waals surface area contributed by atoms with Gasteiger partial charge in [0.2, 0.25) is 35.4 Å². The summed E-state index contributed by atoms with van der Waals surface area (Å²) in [7, 11) is 0. The summed E-state index contributed by atoms with van der Waals surface area (Å²) in [5.74, 6) is -1.47. The highest BCUT2D eigenvalue weighted by atomic mass is 32.1. The highest BCUT2D eigenvalue weighted by Gasteiger charge is 2.34. The van der Waals surface area contributed by atoms with E-state index in [0.717, 1.165) is 0 Å². The van der Waals surface area contributed by atoms with Crippen molar-refractivity contribution in [2.45, 2.75) is 53.1 Å². The zero-order valence-corrected chi connectivity index (χ0v) is 29.7. The molecule has 7 rings (SSSR count). The summed E-state index contributed by atoms with van der Waals surface area (Å²) >= 11 is 1.30. The Bertz CT molecular complexity index is 2300. The van der Waals surface area contributed by atoms with Crippen molar-refractivity contribution >= 4 is 34.8 Å². The number of nitrogens with zero attached hydrogens (tertiary/aromatic N) is 5. The van der Waals surface area contributed by atoms with Gasteiger partial charge in [-0.3, -0.25) is 14.4 Å². The molecule has 0 saturated heterocycles. The number of thiazole rings is 1. The summed E-state index contributed by atoms with van der Waals surface area (Å²) in [6, 6.07) is 6.94. The minimum absolute atomic E-state index is 0.0220. The Morgan fingerprint density at radius 3 is 2.25 bits per heavy atom. The van der Waals surface area contributed by atoms with E-state index in [4.69, 9.17) is 17.7 Å². The standard InChI is InChI=1S/C36H34N8O7S/c1-7-17(4)25-30(46)41-24(16(2)3)29(45)37-18(5)32-43-26(19(6)50-32)35-39-22(14-49-35)36-40-23(15-52-36)33-38-21(13-48-33)34-44-27(31(47)42-25)28(51-34)20-11-9-8-10-12-20/h8-17,24-25H,5,7H2,1-4,6H3,(H,37,45)(H,41,46)(H,42,47)/t17-,24-,25+/m0/s1. The number of rotatable bonds is 4. The van der Waals surface area contributed by atoms with Crippen LogP contribution in [0, 0.1) is 18.8 Å². The number of benzene rings is 1. The first-order valence-corrected chi connectivity index (χ1v) is 17.4. The number of carbonyl (C=O) groups excluding carboxylic acids is 3. The fraction of sp³-hybridized carbons (Fsp3) is 0.278. The molecule has 52 heavy (non-hydrogen) atoms. The third-order valence-corrected chi connectivity index (χ3v) is 9.47. The fourth-order valence-corrected chi connectivity index (χ4v) is 6.26. The maximum absolute atomic E-state index is 14.0. The Morgan fingerprint density at radius 2 is 1.50 bits per heavy atom. The molecule has 0 spiro atoms. The maximum atomic E-state index is 14.0. The largest absolute Gasteiger partial charge is 0.442 e. The summed E-state index contributed by atoms with van der Waals surface area (Å²) in [6.45, 7) is 12.9. The van der Waals surface area contributed by atoms with Crippen LogP contribution in [0.2, 0.25) is 0 Å². The molecule has 3 atom stereocenters. The van der Waals surface area contributed by atoms with E-state index in [1.54, 1.807) is 50.4 Å². The molecule has 15 nitrogen and oxygen atoms in total. The molecule has 3 N–H and O–H groups in total. The number of nitrogens with one attached hydrogen (secondary N) is 3. The van der Waals surface area contributed by atoms with Gasteiger partial charge in [0.25, 0.3) is 5.91 Å². The van der Waals surface area contributed by atoms with E-state index in [1.807, 2.05) is 19.9 Å². The van der Waals surface area contributed by atoms with Gasteiger partial charge in [-0.1, -0.05) is 71.0 Å². The van der Waals surface area contributed by atoms with Gasteiger partial charge in [-0.2, -0.15) is 0 Å². The second-order valence-corrected chi connectivity index (χ2v) is 13.5. The van der Waals surface area contributed by atoms with E-state index in [1.165, 1.54) is 23.9 Å². The topological polar surface area (TPSA) is 204 Å². The Balaban J connectivity index is 1.32. The second-order valence-electron chi connectivity index (χ2n) is 12.6. The summed E-state index contributed by atoms with van der Waals surface area (Å²) in [5, 5.41) is 10.7. The molecule has 16 heteroatoms. The molecule has 10 bridgehead atoms. The van der Waals surface area contributed by atoms with E-state index in [2.05, 4.69) is 47.4 Å². The molecule has 6 heterocycles. The number of oxazole rings is 4. The van der Waals surface area contributed by atoms with Crippen LogP contribution in [0.25, 0.3) is 62.5 Å². The van der Waals surface area contributed by atoms with Crippen molar-refractivity contribution in [3.63, 3.8) is 0 Å². The minimum atomic E-state index is -1.04. The van der Waals surface area contributed by atoms with Gasteiger partial charge in [0, 0.05) is 10.9 Å². The Hall–Kier alpha value is -6.16. The highest BCUT2D eigenvalue weighted by molar-refractivity contribution is 7.13. The first-order chi connectivity index (χ1) is 25.0. The van der Waals surface area contributed by atoms with Crippen LogP contribution in [-0.4, -0.2) is 54.7 Å². The number of fused-ring (bicyclic) bond motifs is 14. The third kappa shape index (κ3) is 6.55. The average Bonchev–Trinajstić information content (AvgIpc) is 3.97. The van der Waals surface area contributed by atoms with Crippen LogP contribution in [0.15, 0.2) is 72.5 Å². The summed E-state index contributed by atoms with van der Waals surface area (Å²) in [5.41, 5.74) is 1.98. The normalized spacial score (nSPS) is 17.3. The maximum Gasteiger partial charge on any atom is 0.274 e. The van der Waals surface area contributed by atoms with E-state index in [0.29, 0.717) is 39.8 Å². The average molecular weight is 723 g/mol. The predicted octanol–water partition coefficient (Wildman–Crippen LogP) is 6.12. The lowest BCUT2D eigenvalue weighted by molar-refractivity contribution is -0.131. The van der Waals surface area contributed by atoms with Crippen molar-refractivity contribution in [3.05, 3.63) is 72.2 Å². The SMILES string of the molecule is C=C1NC(=O)[C@H](C(C)C)NC(=O)[C@@H]([C@@H](C)CC)NC(=O)c2nc(oc2-c2ccccc2)-c2coc(n2)-c2csc(n2)-c2coc(n2)-c2nc1oc2C. The lowest BCUT2D eigenvalue weighted by Crippen LogP contribution is -2.57. The number of amides is 3. The van der Waals surface area contributed by atoms with Crippen LogP contribution in [0.5, 0.6) is 0 Å². The van der Waals surface area contributed by atoms with Gasteiger partial charge in [-0.25, -0.2) is 24.9 Å². The van der Waals surface area contributed by atoms with Crippen molar-refractivity contribution in [3.8, 4) is 56.8 Å². The second kappa shape index (κ2) is 13.9. The zero-order chi connectivity index (χ0) is 36.7. The lowest BCUT2D eigenvalue weighted by atomic mass is 9.96. The molecule has 6 aromatic rings. The minimum Gasteiger partial charge on any atom is -0.442 e. The van der Waals surface area contributed by atoms with Gasteiger partial charge in [-0.05, 0) is 18.8 Å². The molecule has 3 amide bonds. The van der Waals surface area contributed by atoms with E-state index in [-0.39, 0.29) is 58.2 Å². The Labute approximate surface area is 301 Å².